The smallest absolute Gasteiger partial charge is 0.113 e. The Labute approximate surface area is 101 Å². The maximum absolute atomic E-state index is 6.56. The van der Waals surface area contributed by atoms with Crippen LogP contribution in [-0.4, -0.2) is 4.98 Å². The normalized spacial score (nSPS) is 25.3. The van der Waals surface area contributed by atoms with Crippen molar-refractivity contribution in [3.63, 3.8) is 0 Å². The molecule has 0 amide bonds. The van der Waals surface area contributed by atoms with Crippen LogP contribution in [0.5, 0.6) is 0 Å². The molecule has 88 valence electrons. The van der Waals surface area contributed by atoms with Gasteiger partial charge in [-0.3, -0.25) is 0 Å². The van der Waals surface area contributed by atoms with Gasteiger partial charge in [0.05, 0.1) is 11.2 Å². The number of nitrogens with two attached hydrogens (primary N) is 1. The lowest BCUT2D eigenvalue weighted by molar-refractivity contribution is 0.383. The van der Waals surface area contributed by atoms with E-state index in [0.717, 1.165) is 18.8 Å². The second kappa shape index (κ2) is 4.11. The van der Waals surface area contributed by atoms with Gasteiger partial charge in [-0.25, -0.2) is 4.98 Å². The molecule has 0 radical (unpaired) electrons. The Morgan fingerprint density at radius 3 is 2.50 bits per heavy atom. The molecular weight excluding hydrogens is 216 g/mol. The number of hydrogen-bond acceptors (Lipinski definition) is 3. The summed E-state index contributed by atoms with van der Waals surface area (Å²) in [5.74, 6) is 0.763. The molecular formula is C13H20N2S. The van der Waals surface area contributed by atoms with E-state index >= 15 is 0 Å². The van der Waals surface area contributed by atoms with Gasteiger partial charge in [0.15, 0.2) is 0 Å². The number of thiazole rings is 1. The average molecular weight is 236 g/mol. The summed E-state index contributed by atoms with van der Waals surface area (Å²) in [6.07, 6.45) is 10.2. The van der Waals surface area contributed by atoms with Gasteiger partial charge in [-0.15, -0.1) is 11.3 Å². The summed E-state index contributed by atoms with van der Waals surface area (Å²) in [5.41, 5.74) is 7.77. The first-order chi connectivity index (χ1) is 7.78. The first kappa shape index (κ1) is 10.7. The van der Waals surface area contributed by atoms with E-state index in [0.29, 0.717) is 0 Å². The summed E-state index contributed by atoms with van der Waals surface area (Å²) in [6.45, 7) is 0. The molecule has 1 heterocycles. The van der Waals surface area contributed by atoms with Crippen LogP contribution in [0.4, 0.5) is 0 Å². The molecule has 0 spiro atoms. The SMILES string of the molecule is NC1(c2nc(C3CC3)cs2)CCCCCC1. The molecule has 0 atom stereocenters. The van der Waals surface area contributed by atoms with Gasteiger partial charge >= 0.3 is 0 Å². The minimum atomic E-state index is -0.103. The van der Waals surface area contributed by atoms with Crippen LogP contribution in [0.15, 0.2) is 5.38 Å². The molecule has 0 aliphatic heterocycles. The Morgan fingerprint density at radius 2 is 1.88 bits per heavy atom. The van der Waals surface area contributed by atoms with E-state index in [9.17, 15) is 0 Å². The number of aromatic nitrogens is 1. The van der Waals surface area contributed by atoms with Crippen molar-refractivity contribution in [2.45, 2.75) is 62.8 Å². The van der Waals surface area contributed by atoms with Crippen LogP contribution >= 0.6 is 11.3 Å². The standard InChI is InChI=1S/C13H20N2S/c14-13(7-3-1-2-4-8-13)12-15-11(9-16-12)10-5-6-10/h9-10H,1-8,14H2. The van der Waals surface area contributed by atoms with E-state index in [4.69, 9.17) is 10.7 Å². The summed E-state index contributed by atoms with van der Waals surface area (Å²) in [7, 11) is 0. The first-order valence-electron chi connectivity index (χ1n) is 6.53. The predicted octanol–water partition coefficient (Wildman–Crippen LogP) is 3.53. The fourth-order valence-corrected chi connectivity index (χ4v) is 3.73. The monoisotopic (exact) mass is 236 g/mol. The molecule has 1 aromatic rings. The van der Waals surface area contributed by atoms with Crippen LogP contribution in [0.25, 0.3) is 0 Å². The largest absolute Gasteiger partial charge is 0.319 e. The molecule has 2 nitrogen and oxygen atoms in total. The molecule has 2 N–H and O–H groups in total. The second-order valence-corrected chi connectivity index (χ2v) is 6.28. The number of nitrogens with zero attached hydrogens (tertiary/aromatic N) is 1. The summed E-state index contributed by atoms with van der Waals surface area (Å²) >= 11 is 1.80. The van der Waals surface area contributed by atoms with Gasteiger partial charge in [0.1, 0.15) is 5.01 Å². The lowest BCUT2D eigenvalue weighted by Crippen LogP contribution is -2.35. The highest BCUT2D eigenvalue weighted by atomic mass is 32.1. The molecule has 0 unspecified atom stereocenters. The summed E-state index contributed by atoms with van der Waals surface area (Å²) in [6, 6.07) is 0. The van der Waals surface area contributed by atoms with Gasteiger partial charge in [0.25, 0.3) is 0 Å². The van der Waals surface area contributed by atoms with Crippen molar-refractivity contribution < 1.29 is 0 Å². The average Bonchev–Trinajstić information content (AvgIpc) is 3.05. The minimum Gasteiger partial charge on any atom is -0.319 e. The Kier molecular flexibility index (Phi) is 2.76. The van der Waals surface area contributed by atoms with E-state index in [1.807, 2.05) is 0 Å². The van der Waals surface area contributed by atoms with Gasteiger partial charge in [-0.05, 0) is 25.7 Å². The Morgan fingerprint density at radius 1 is 1.19 bits per heavy atom. The second-order valence-electron chi connectivity index (χ2n) is 5.42. The quantitative estimate of drug-likeness (QED) is 0.798. The van der Waals surface area contributed by atoms with Crippen LogP contribution in [0.3, 0.4) is 0 Å². The van der Waals surface area contributed by atoms with Gasteiger partial charge < -0.3 is 5.73 Å². The van der Waals surface area contributed by atoms with Crippen molar-refractivity contribution in [3.8, 4) is 0 Å². The van der Waals surface area contributed by atoms with E-state index < -0.39 is 0 Å². The number of hydrogen-bond donors (Lipinski definition) is 1. The highest BCUT2D eigenvalue weighted by molar-refractivity contribution is 7.09. The lowest BCUT2D eigenvalue weighted by Gasteiger charge is -2.25. The van der Waals surface area contributed by atoms with E-state index in [-0.39, 0.29) is 5.54 Å². The van der Waals surface area contributed by atoms with Crippen LogP contribution in [0, 0.1) is 0 Å². The molecule has 0 saturated heterocycles. The van der Waals surface area contributed by atoms with Gasteiger partial charge in [0, 0.05) is 11.3 Å². The molecule has 0 bridgehead atoms. The third-order valence-electron chi connectivity index (χ3n) is 3.94. The van der Waals surface area contributed by atoms with Crippen molar-refractivity contribution in [2.75, 3.05) is 0 Å². The zero-order valence-corrected chi connectivity index (χ0v) is 10.6. The van der Waals surface area contributed by atoms with E-state index in [1.54, 1.807) is 11.3 Å². The van der Waals surface area contributed by atoms with Gasteiger partial charge in [-0.2, -0.15) is 0 Å². The van der Waals surface area contributed by atoms with E-state index in [2.05, 4.69) is 5.38 Å². The first-order valence-corrected chi connectivity index (χ1v) is 7.41. The summed E-state index contributed by atoms with van der Waals surface area (Å²) < 4.78 is 0. The zero-order chi connectivity index (χ0) is 11.0. The van der Waals surface area contributed by atoms with Gasteiger partial charge in [-0.1, -0.05) is 25.7 Å². The topological polar surface area (TPSA) is 38.9 Å². The van der Waals surface area contributed by atoms with Crippen LogP contribution in [0.1, 0.15) is 68.0 Å². The Bertz CT molecular complexity index is 360. The van der Waals surface area contributed by atoms with Crippen LogP contribution in [0.2, 0.25) is 0 Å². The summed E-state index contributed by atoms with van der Waals surface area (Å²) in [4.78, 5) is 4.80. The molecule has 2 saturated carbocycles. The molecule has 2 aliphatic carbocycles. The number of rotatable bonds is 2. The van der Waals surface area contributed by atoms with Crippen molar-refractivity contribution in [1.29, 1.82) is 0 Å². The maximum Gasteiger partial charge on any atom is 0.113 e. The summed E-state index contributed by atoms with van der Waals surface area (Å²) in [5, 5.41) is 3.45. The lowest BCUT2D eigenvalue weighted by atomic mass is 9.92. The van der Waals surface area contributed by atoms with Gasteiger partial charge in [0.2, 0.25) is 0 Å². The van der Waals surface area contributed by atoms with Crippen molar-refractivity contribution in [1.82, 2.24) is 4.98 Å². The maximum atomic E-state index is 6.56. The van der Waals surface area contributed by atoms with Crippen LogP contribution in [-0.2, 0) is 5.54 Å². The third-order valence-corrected chi connectivity index (χ3v) is 5.02. The van der Waals surface area contributed by atoms with Crippen LogP contribution < -0.4 is 5.73 Å². The van der Waals surface area contributed by atoms with Crippen molar-refractivity contribution >= 4 is 11.3 Å². The molecule has 1 aromatic heterocycles. The molecule has 0 aromatic carbocycles. The Balaban J connectivity index is 1.81. The predicted molar refractivity (Wildman–Crippen MR) is 67.7 cm³/mol. The molecule has 3 rings (SSSR count). The van der Waals surface area contributed by atoms with E-state index in [1.165, 1.54) is 49.2 Å². The van der Waals surface area contributed by atoms with Crippen molar-refractivity contribution in [3.05, 3.63) is 16.1 Å². The highest BCUT2D eigenvalue weighted by Gasteiger charge is 2.33. The third kappa shape index (κ3) is 2.03. The minimum absolute atomic E-state index is 0.103. The zero-order valence-electron chi connectivity index (χ0n) is 9.74. The molecule has 2 fully saturated rings. The van der Waals surface area contributed by atoms with Crippen molar-refractivity contribution in [2.24, 2.45) is 5.73 Å². The Hall–Kier alpha value is -0.410. The highest BCUT2D eigenvalue weighted by Crippen LogP contribution is 2.42. The molecule has 16 heavy (non-hydrogen) atoms. The molecule has 3 heteroatoms. The molecule has 2 aliphatic rings. The fourth-order valence-electron chi connectivity index (χ4n) is 2.65. The fraction of sp³-hybridized carbons (Fsp3) is 0.769.